The highest BCUT2D eigenvalue weighted by molar-refractivity contribution is 4.83. The van der Waals surface area contributed by atoms with Gasteiger partial charge in [-0.1, -0.05) is 0 Å². The van der Waals surface area contributed by atoms with Gasteiger partial charge >= 0.3 is 0 Å². The van der Waals surface area contributed by atoms with E-state index in [-0.39, 0.29) is 0 Å². The first-order valence-electron chi connectivity index (χ1n) is 4.64. The Labute approximate surface area is 67.9 Å². The van der Waals surface area contributed by atoms with Gasteiger partial charge in [-0.05, 0) is 25.3 Å². The standard InChI is InChI=1S/C8H17N3/c1-2-7(6-9-3-1)8-10-4-5-11-8/h7-11H,1-6H2. The minimum Gasteiger partial charge on any atom is -0.316 e. The highest BCUT2D eigenvalue weighted by atomic mass is 15.2. The largest absolute Gasteiger partial charge is 0.316 e. The van der Waals surface area contributed by atoms with Crippen LogP contribution in [0.15, 0.2) is 0 Å². The molecule has 1 unspecified atom stereocenters. The van der Waals surface area contributed by atoms with Crippen LogP contribution in [0.5, 0.6) is 0 Å². The summed E-state index contributed by atoms with van der Waals surface area (Å²) in [7, 11) is 0. The van der Waals surface area contributed by atoms with Gasteiger partial charge in [-0.25, -0.2) is 0 Å². The first kappa shape index (κ1) is 7.53. The Morgan fingerprint density at radius 2 is 1.82 bits per heavy atom. The summed E-state index contributed by atoms with van der Waals surface area (Å²) in [4.78, 5) is 0. The lowest BCUT2D eigenvalue weighted by atomic mass is 9.97. The van der Waals surface area contributed by atoms with E-state index < -0.39 is 0 Å². The van der Waals surface area contributed by atoms with E-state index in [9.17, 15) is 0 Å². The van der Waals surface area contributed by atoms with E-state index in [2.05, 4.69) is 16.0 Å². The molecule has 3 N–H and O–H groups in total. The van der Waals surface area contributed by atoms with E-state index in [0.717, 1.165) is 19.0 Å². The van der Waals surface area contributed by atoms with Crippen molar-refractivity contribution in [1.29, 1.82) is 0 Å². The molecule has 2 saturated heterocycles. The zero-order valence-electron chi connectivity index (χ0n) is 6.90. The molecule has 0 saturated carbocycles. The second kappa shape index (κ2) is 3.52. The van der Waals surface area contributed by atoms with Gasteiger partial charge in [0.05, 0.1) is 6.17 Å². The van der Waals surface area contributed by atoms with Gasteiger partial charge < -0.3 is 16.0 Å². The van der Waals surface area contributed by atoms with E-state index >= 15 is 0 Å². The Morgan fingerprint density at radius 1 is 1.00 bits per heavy atom. The summed E-state index contributed by atoms with van der Waals surface area (Å²) >= 11 is 0. The summed E-state index contributed by atoms with van der Waals surface area (Å²) in [6.07, 6.45) is 3.30. The van der Waals surface area contributed by atoms with Crippen LogP contribution in [0.1, 0.15) is 12.8 Å². The first-order chi connectivity index (χ1) is 5.47. The molecule has 2 fully saturated rings. The van der Waals surface area contributed by atoms with Crippen molar-refractivity contribution in [2.75, 3.05) is 26.2 Å². The quantitative estimate of drug-likeness (QED) is 0.478. The Morgan fingerprint density at radius 3 is 2.45 bits per heavy atom. The van der Waals surface area contributed by atoms with Gasteiger partial charge in [-0.3, -0.25) is 0 Å². The highest BCUT2D eigenvalue weighted by Gasteiger charge is 2.24. The summed E-state index contributed by atoms with van der Waals surface area (Å²) in [5, 5.41) is 10.4. The van der Waals surface area contributed by atoms with Crippen LogP contribution in [0, 0.1) is 5.92 Å². The van der Waals surface area contributed by atoms with Gasteiger partial charge in [0, 0.05) is 19.6 Å². The molecule has 3 nitrogen and oxygen atoms in total. The SMILES string of the molecule is C1CNCC(C2NCCN2)C1. The zero-order valence-corrected chi connectivity index (χ0v) is 6.90. The maximum atomic E-state index is 3.48. The fraction of sp³-hybridized carbons (Fsp3) is 1.00. The summed E-state index contributed by atoms with van der Waals surface area (Å²) in [6, 6.07) is 0. The van der Waals surface area contributed by atoms with E-state index in [1.807, 2.05) is 0 Å². The van der Waals surface area contributed by atoms with Crippen LogP contribution in [0.2, 0.25) is 0 Å². The van der Waals surface area contributed by atoms with Crippen molar-refractivity contribution in [2.45, 2.75) is 19.0 Å². The lowest BCUT2D eigenvalue weighted by molar-refractivity contribution is 0.287. The van der Waals surface area contributed by atoms with Gasteiger partial charge in [0.25, 0.3) is 0 Å². The predicted octanol–water partition coefficient (Wildman–Crippen LogP) is -0.495. The highest BCUT2D eigenvalue weighted by Crippen LogP contribution is 2.13. The maximum absolute atomic E-state index is 3.48. The maximum Gasteiger partial charge on any atom is 0.0613 e. The average Bonchev–Trinajstić information content (AvgIpc) is 2.58. The summed E-state index contributed by atoms with van der Waals surface area (Å²) in [6.45, 7) is 4.68. The van der Waals surface area contributed by atoms with Gasteiger partial charge in [0.1, 0.15) is 0 Å². The summed E-state index contributed by atoms with van der Waals surface area (Å²) in [5.74, 6) is 0.811. The van der Waals surface area contributed by atoms with Gasteiger partial charge in [-0.15, -0.1) is 0 Å². The van der Waals surface area contributed by atoms with Crippen LogP contribution in [0.3, 0.4) is 0 Å². The lowest BCUT2D eigenvalue weighted by Gasteiger charge is -2.28. The molecule has 2 heterocycles. The third-order valence-electron chi connectivity index (χ3n) is 2.66. The summed E-state index contributed by atoms with van der Waals surface area (Å²) < 4.78 is 0. The fourth-order valence-corrected chi connectivity index (χ4v) is 2.02. The number of piperidine rings is 1. The molecule has 0 radical (unpaired) electrons. The molecule has 2 aliphatic rings. The lowest BCUT2D eigenvalue weighted by Crippen LogP contribution is -2.46. The molecule has 0 bridgehead atoms. The monoisotopic (exact) mass is 155 g/mol. The van der Waals surface area contributed by atoms with Crippen LogP contribution < -0.4 is 16.0 Å². The van der Waals surface area contributed by atoms with Crippen LogP contribution in [0.4, 0.5) is 0 Å². The third-order valence-corrected chi connectivity index (χ3v) is 2.66. The molecule has 1 atom stereocenters. The number of rotatable bonds is 1. The molecular weight excluding hydrogens is 138 g/mol. The topological polar surface area (TPSA) is 36.1 Å². The van der Waals surface area contributed by atoms with Crippen LogP contribution in [-0.4, -0.2) is 32.3 Å². The van der Waals surface area contributed by atoms with Crippen molar-refractivity contribution in [3.8, 4) is 0 Å². The second-order valence-corrected chi connectivity index (χ2v) is 3.49. The van der Waals surface area contributed by atoms with E-state index in [1.54, 1.807) is 0 Å². The molecule has 64 valence electrons. The molecule has 0 aromatic rings. The normalized spacial score (nSPS) is 34.4. The van der Waals surface area contributed by atoms with Gasteiger partial charge in [0.2, 0.25) is 0 Å². The molecule has 11 heavy (non-hydrogen) atoms. The predicted molar refractivity (Wildman–Crippen MR) is 45.4 cm³/mol. The molecule has 2 rings (SSSR count). The number of hydrogen-bond acceptors (Lipinski definition) is 3. The van der Waals surface area contributed by atoms with Crippen molar-refractivity contribution in [3.05, 3.63) is 0 Å². The second-order valence-electron chi connectivity index (χ2n) is 3.49. The number of hydrogen-bond donors (Lipinski definition) is 3. The van der Waals surface area contributed by atoms with Crippen LogP contribution >= 0.6 is 0 Å². The molecule has 0 spiro atoms. The Hall–Kier alpha value is -0.120. The average molecular weight is 155 g/mol. The van der Waals surface area contributed by atoms with Crippen molar-refractivity contribution in [1.82, 2.24) is 16.0 Å². The van der Waals surface area contributed by atoms with Crippen molar-refractivity contribution in [3.63, 3.8) is 0 Å². The molecule has 0 aromatic carbocycles. The van der Waals surface area contributed by atoms with Crippen molar-refractivity contribution in [2.24, 2.45) is 5.92 Å². The van der Waals surface area contributed by atoms with Crippen molar-refractivity contribution >= 4 is 0 Å². The van der Waals surface area contributed by atoms with Crippen LogP contribution in [0.25, 0.3) is 0 Å². The third kappa shape index (κ3) is 1.72. The van der Waals surface area contributed by atoms with E-state index in [1.165, 1.54) is 25.9 Å². The van der Waals surface area contributed by atoms with Crippen LogP contribution in [-0.2, 0) is 0 Å². The molecule has 3 heteroatoms. The Balaban J connectivity index is 1.82. The smallest absolute Gasteiger partial charge is 0.0613 e. The Bertz CT molecular complexity index is 115. The zero-order chi connectivity index (χ0) is 7.52. The molecule has 0 amide bonds. The summed E-state index contributed by atoms with van der Waals surface area (Å²) in [5.41, 5.74) is 0. The Kier molecular flexibility index (Phi) is 2.41. The molecule has 0 aliphatic carbocycles. The minimum absolute atomic E-state index is 0.586. The number of nitrogens with one attached hydrogen (secondary N) is 3. The van der Waals surface area contributed by atoms with Gasteiger partial charge in [-0.2, -0.15) is 0 Å². The fourth-order valence-electron chi connectivity index (χ4n) is 2.02. The van der Waals surface area contributed by atoms with E-state index in [0.29, 0.717) is 6.17 Å². The van der Waals surface area contributed by atoms with E-state index in [4.69, 9.17) is 0 Å². The molecule has 0 aromatic heterocycles. The van der Waals surface area contributed by atoms with Crippen molar-refractivity contribution < 1.29 is 0 Å². The molecular formula is C8H17N3. The van der Waals surface area contributed by atoms with Gasteiger partial charge in [0.15, 0.2) is 0 Å². The minimum atomic E-state index is 0.586. The molecule has 2 aliphatic heterocycles. The first-order valence-corrected chi connectivity index (χ1v) is 4.64.